The molecule has 2 aromatic carbocycles. The van der Waals surface area contributed by atoms with Gasteiger partial charge in [0.2, 0.25) is 0 Å². The van der Waals surface area contributed by atoms with E-state index in [0.29, 0.717) is 17.9 Å². The molecule has 1 atom stereocenters. The lowest BCUT2D eigenvalue weighted by molar-refractivity contribution is 0.0606. The van der Waals surface area contributed by atoms with Crippen LogP contribution in [0, 0.1) is 0 Å². The fourth-order valence-corrected chi connectivity index (χ4v) is 3.15. The summed E-state index contributed by atoms with van der Waals surface area (Å²) in [5.41, 5.74) is 2.83. The maximum Gasteiger partial charge on any atom is 0.258 e. The molecule has 0 bridgehead atoms. The third kappa shape index (κ3) is 2.25. The minimum absolute atomic E-state index is 0.0804. The van der Waals surface area contributed by atoms with Crippen molar-refractivity contribution >= 4 is 5.91 Å². The molecule has 0 aromatic heterocycles. The molecule has 22 heavy (non-hydrogen) atoms. The van der Waals surface area contributed by atoms with Crippen LogP contribution in [0.3, 0.4) is 0 Å². The number of rotatable bonds is 1. The standard InChI is InChI=1S/C18H18N2O2/c21-18-16-10-14(13-4-2-1-3-5-13)6-7-17(16)22-12-15-11-19-8-9-20(15)18/h1-7,10,15,19H,8-9,11-12H2. The van der Waals surface area contributed by atoms with Gasteiger partial charge in [0, 0.05) is 19.6 Å². The fraction of sp³-hybridized carbons (Fsp3) is 0.278. The van der Waals surface area contributed by atoms with Crippen molar-refractivity contribution in [3.05, 3.63) is 54.1 Å². The molecule has 4 rings (SSSR count). The Kier molecular flexibility index (Phi) is 3.31. The van der Waals surface area contributed by atoms with Crippen molar-refractivity contribution in [1.82, 2.24) is 10.2 Å². The smallest absolute Gasteiger partial charge is 0.258 e. The van der Waals surface area contributed by atoms with Crippen molar-refractivity contribution in [1.29, 1.82) is 0 Å². The molecule has 112 valence electrons. The summed E-state index contributed by atoms with van der Waals surface area (Å²) in [7, 11) is 0. The molecule has 1 fully saturated rings. The van der Waals surface area contributed by atoms with Gasteiger partial charge in [0.1, 0.15) is 12.4 Å². The van der Waals surface area contributed by atoms with Crippen molar-refractivity contribution in [2.45, 2.75) is 6.04 Å². The van der Waals surface area contributed by atoms with Crippen LogP contribution in [0.15, 0.2) is 48.5 Å². The van der Waals surface area contributed by atoms with E-state index < -0.39 is 0 Å². The van der Waals surface area contributed by atoms with Crippen LogP contribution >= 0.6 is 0 Å². The number of ether oxygens (including phenoxy) is 1. The van der Waals surface area contributed by atoms with Crippen molar-refractivity contribution in [2.75, 3.05) is 26.2 Å². The van der Waals surface area contributed by atoms with E-state index >= 15 is 0 Å². The van der Waals surface area contributed by atoms with Crippen molar-refractivity contribution in [3.8, 4) is 16.9 Å². The zero-order valence-corrected chi connectivity index (χ0v) is 12.3. The van der Waals surface area contributed by atoms with Gasteiger partial charge in [-0.2, -0.15) is 0 Å². The molecule has 0 aliphatic carbocycles. The van der Waals surface area contributed by atoms with Gasteiger partial charge >= 0.3 is 0 Å². The molecule has 0 spiro atoms. The molecule has 1 N–H and O–H groups in total. The predicted molar refractivity (Wildman–Crippen MR) is 85.1 cm³/mol. The minimum Gasteiger partial charge on any atom is -0.491 e. The number of hydrogen-bond donors (Lipinski definition) is 1. The summed E-state index contributed by atoms with van der Waals surface area (Å²) in [6.07, 6.45) is 0. The van der Waals surface area contributed by atoms with Crippen LogP contribution in [0.5, 0.6) is 5.75 Å². The van der Waals surface area contributed by atoms with Crippen molar-refractivity contribution in [3.63, 3.8) is 0 Å². The monoisotopic (exact) mass is 294 g/mol. The van der Waals surface area contributed by atoms with Gasteiger partial charge in [-0.15, -0.1) is 0 Å². The van der Waals surface area contributed by atoms with Crippen molar-refractivity contribution in [2.24, 2.45) is 0 Å². The summed E-state index contributed by atoms with van der Waals surface area (Å²) >= 11 is 0. The lowest BCUT2D eigenvalue weighted by atomic mass is 10.0. The van der Waals surface area contributed by atoms with Crippen LogP contribution in [0.4, 0.5) is 0 Å². The molecule has 2 aliphatic heterocycles. The summed E-state index contributed by atoms with van der Waals surface area (Å²) in [5, 5.41) is 3.32. The summed E-state index contributed by atoms with van der Waals surface area (Å²) in [6.45, 7) is 2.93. The molecule has 4 nitrogen and oxygen atoms in total. The maximum atomic E-state index is 12.9. The Hall–Kier alpha value is -2.33. The van der Waals surface area contributed by atoms with Crippen LogP contribution in [-0.2, 0) is 0 Å². The van der Waals surface area contributed by atoms with Crippen LogP contribution < -0.4 is 10.1 Å². The number of nitrogens with zero attached hydrogens (tertiary/aromatic N) is 1. The number of fused-ring (bicyclic) bond motifs is 2. The third-order valence-electron chi connectivity index (χ3n) is 4.36. The third-order valence-corrected chi connectivity index (χ3v) is 4.36. The molecule has 0 radical (unpaired) electrons. The van der Waals surface area contributed by atoms with E-state index in [-0.39, 0.29) is 11.9 Å². The van der Waals surface area contributed by atoms with Gasteiger partial charge in [-0.3, -0.25) is 4.79 Å². The van der Waals surface area contributed by atoms with Crippen LogP contribution in [-0.4, -0.2) is 43.1 Å². The number of piperazine rings is 1. The molecular weight excluding hydrogens is 276 g/mol. The Balaban J connectivity index is 1.75. The Bertz CT molecular complexity index is 699. The van der Waals surface area contributed by atoms with Gasteiger partial charge in [0.15, 0.2) is 0 Å². The molecular formula is C18H18N2O2. The Labute approximate surface area is 129 Å². The van der Waals surface area contributed by atoms with Gasteiger partial charge in [0.25, 0.3) is 5.91 Å². The highest BCUT2D eigenvalue weighted by molar-refractivity contribution is 5.99. The van der Waals surface area contributed by atoms with E-state index in [4.69, 9.17) is 4.74 Å². The number of carbonyl (C=O) groups is 1. The second-order valence-electron chi connectivity index (χ2n) is 5.74. The highest BCUT2D eigenvalue weighted by Gasteiger charge is 2.32. The number of amides is 1. The first-order valence-corrected chi connectivity index (χ1v) is 7.67. The van der Waals surface area contributed by atoms with Gasteiger partial charge in [-0.25, -0.2) is 0 Å². The quantitative estimate of drug-likeness (QED) is 0.876. The molecule has 0 saturated carbocycles. The first kappa shape index (κ1) is 13.3. The summed E-state index contributed by atoms with van der Waals surface area (Å²) in [6, 6.07) is 16.1. The largest absolute Gasteiger partial charge is 0.491 e. The molecule has 2 heterocycles. The normalized spacial score (nSPS) is 20.6. The molecule has 1 amide bonds. The highest BCUT2D eigenvalue weighted by Crippen LogP contribution is 2.30. The van der Waals surface area contributed by atoms with E-state index in [2.05, 4.69) is 17.4 Å². The second kappa shape index (κ2) is 5.46. The van der Waals surface area contributed by atoms with Gasteiger partial charge < -0.3 is 15.0 Å². The van der Waals surface area contributed by atoms with Crippen molar-refractivity contribution < 1.29 is 9.53 Å². The summed E-state index contributed by atoms with van der Waals surface area (Å²) < 4.78 is 5.88. The van der Waals surface area contributed by atoms with E-state index in [1.807, 2.05) is 41.3 Å². The topological polar surface area (TPSA) is 41.6 Å². The Morgan fingerprint density at radius 1 is 1.09 bits per heavy atom. The fourth-order valence-electron chi connectivity index (χ4n) is 3.15. The van der Waals surface area contributed by atoms with E-state index in [9.17, 15) is 4.79 Å². The summed E-state index contributed by atoms with van der Waals surface area (Å²) in [4.78, 5) is 14.8. The molecule has 1 saturated heterocycles. The highest BCUT2D eigenvalue weighted by atomic mass is 16.5. The number of carbonyl (C=O) groups excluding carboxylic acids is 1. The second-order valence-corrected chi connectivity index (χ2v) is 5.74. The number of nitrogens with one attached hydrogen (secondary N) is 1. The molecule has 2 aromatic rings. The zero-order chi connectivity index (χ0) is 14.9. The first-order valence-electron chi connectivity index (χ1n) is 7.67. The molecule has 4 heteroatoms. The van der Waals surface area contributed by atoms with E-state index in [1.165, 1.54) is 0 Å². The molecule has 2 aliphatic rings. The van der Waals surface area contributed by atoms with E-state index in [0.717, 1.165) is 30.8 Å². The zero-order valence-electron chi connectivity index (χ0n) is 12.3. The van der Waals surface area contributed by atoms with Gasteiger partial charge in [-0.05, 0) is 23.3 Å². The average Bonchev–Trinajstić information content (AvgIpc) is 2.73. The number of hydrogen-bond acceptors (Lipinski definition) is 3. The van der Waals surface area contributed by atoms with Gasteiger partial charge in [-0.1, -0.05) is 36.4 Å². The van der Waals surface area contributed by atoms with Crippen LogP contribution in [0.25, 0.3) is 11.1 Å². The lowest BCUT2D eigenvalue weighted by Gasteiger charge is -2.33. The van der Waals surface area contributed by atoms with Gasteiger partial charge in [0.05, 0.1) is 11.6 Å². The maximum absolute atomic E-state index is 12.9. The predicted octanol–water partition coefficient (Wildman–Crippen LogP) is 2.16. The van der Waals surface area contributed by atoms with Crippen LogP contribution in [0.2, 0.25) is 0 Å². The molecule has 1 unspecified atom stereocenters. The number of benzene rings is 2. The van der Waals surface area contributed by atoms with Crippen LogP contribution in [0.1, 0.15) is 10.4 Å². The summed E-state index contributed by atoms with van der Waals surface area (Å²) in [5.74, 6) is 0.774. The average molecular weight is 294 g/mol. The minimum atomic E-state index is 0.0804. The van der Waals surface area contributed by atoms with E-state index in [1.54, 1.807) is 0 Å². The lowest BCUT2D eigenvalue weighted by Crippen LogP contribution is -2.54. The SMILES string of the molecule is O=C1c2cc(-c3ccccc3)ccc2OCC2CNCCN12. The Morgan fingerprint density at radius 3 is 2.82 bits per heavy atom. The Morgan fingerprint density at radius 2 is 1.95 bits per heavy atom. The first-order chi connectivity index (χ1) is 10.8.